The molecule has 2 heterocycles. The third-order valence-electron chi connectivity index (χ3n) is 7.59. The Labute approximate surface area is 251 Å². The molecule has 0 radical (unpaired) electrons. The molecule has 204 valence electrons. The number of hydrogen-bond donors (Lipinski definition) is 0. The fraction of sp³-hybridized carbons (Fsp3) is 0.0256. The van der Waals surface area contributed by atoms with E-state index in [2.05, 4.69) is 133 Å². The van der Waals surface area contributed by atoms with E-state index in [1.54, 1.807) is 0 Å². The zero-order valence-corrected chi connectivity index (χ0v) is 23.7. The van der Waals surface area contributed by atoms with Gasteiger partial charge in [0.25, 0.3) is 0 Å². The van der Waals surface area contributed by atoms with Crippen molar-refractivity contribution in [3.8, 4) is 67.5 Å². The van der Waals surface area contributed by atoms with Gasteiger partial charge in [0.15, 0.2) is 17.5 Å². The van der Waals surface area contributed by atoms with E-state index in [-0.39, 0.29) is 0 Å². The van der Waals surface area contributed by atoms with Crippen molar-refractivity contribution in [1.29, 1.82) is 0 Å². The van der Waals surface area contributed by atoms with Crippen LogP contribution in [0.3, 0.4) is 0 Å². The van der Waals surface area contributed by atoms with Crippen LogP contribution < -0.4 is 0 Å². The molecule has 5 aromatic carbocycles. The smallest absolute Gasteiger partial charge is 0.164 e. The first-order chi connectivity index (χ1) is 21.2. The average Bonchev–Trinajstić information content (AvgIpc) is 3.09. The molecule has 4 heteroatoms. The fourth-order valence-corrected chi connectivity index (χ4v) is 5.27. The summed E-state index contributed by atoms with van der Waals surface area (Å²) in [5, 5.41) is 0. The monoisotopic (exact) mass is 552 g/mol. The van der Waals surface area contributed by atoms with Crippen molar-refractivity contribution in [3.05, 3.63) is 157 Å². The number of benzene rings is 5. The van der Waals surface area contributed by atoms with Crippen molar-refractivity contribution in [1.82, 2.24) is 19.9 Å². The molecule has 0 aliphatic carbocycles. The van der Waals surface area contributed by atoms with E-state index in [9.17, 15) is 0 Å². The quantitative estimate of drug-likeness (QED) is 0.206. The topological polar surface area (TPSA) is 51.6 Å². The largest absolute Gasteiger partial charge is 0.264 e. The Hall–Kier alpha value is -5.74. The number of rotatable bonds is 6. The molecule has 0 N–H and O–H groups in total. The molecule has 0 saturated carbocycles. The lowest BCUT2D eigenvalue weighted by molar-refractivity contribution is 1.07. The van der Waals surface area contributed by atoms with Gasteiger partial charge in [0.2, 0.25) is 0 Å². The third-order valence-corrected chi connectivity index (χ3v) is 7.59. The Kier molecular flexibility index (Phi) is 7.08. The predicted octanol–water partition coefficient (Wildman–Crippen LogP) is 9.58. The predicted molar refractivity (Wildman–Crippen MR) is 175 cm³/mol. The second-order valence-electron chi connectivity index (χ2n) is 10.5. The second kappa shape index (κ2) is 11.6. The molecule has 0 aliphatic rings. The van der Waals surface area contributed by atoms with Crippen LogP contribution in [0.2, 0.25) is 0 Å². The molecule has 0 aliphatic heterocycles. The molecule has 0 atom stereocenters. The Morgan fingerprint density at radius 3 is 1.30 bits per heavy atom. The van der Waals surface area contributed by atoms with Crippen LogP contribution in [0.5, 0.6) is 0 Å². The normalized spacial score (nSPS) is 10.9. The lowest BCUT2D eigenvalue weighted by Crippen LogP contribution is -2.00. The minimum Gasteiger partial charge on any atom is -0.264 e. The van der Waals surface area contributed by atoms with E-state index < -0.39 is 0 Å². The van der Waals surface area contributed by atoms with Gasteiger partial charge in [0.05, 0.1) is 0 Å². The average molecular weight is 553 g/mol. The summed E-state index contributed by atoms with van der Waals surface area (Å²) in [4.78, 5) is 19.2. The minimum absolute atomic E-state index is 0.632. The van der Waals surface area contributed by atoms with Gasteiger partial charge in [-0.2, -0.15) is 0 Å². The molecule has 0 spiro atoms. The molecule has 0 saturated heterocycles. The van der Waals surface area contributed by atoms with Crippen LogP contribution in [-0.4, -0.2) is 19.9 Å². The summed E-state index contributed by atoms with van der Waals surface area (Å²) < 4.78 is 0. The first-order valence-electron chi connectivity index (χ1n) is 14.3. The number of aromatic nitrogens is 4. The highest BCUT2D eigenvalue weighted by atomic mass is 15.0. The maximum atomic E-state index is 4.99. The minimum atomic E-state index is 0.632. The fourth-order valence-electron chi connectivity index (χ4n) is 5.27. The van der Waals surface area contributed by atoms with Crippen LogP contribution in [0.15, 0.2) is 152 Å². The Morgan fingerprint density at radius 1 is 0.372 bits per heavy atom. The highest BCUT2D eigenvalue weighted by molar-refractivity contribution is 5.75. The van der Waals surface area contributed by atoms with Crippen molar-refractivity contribution in [2.45, 2.75) is 6.92 Å². The van der Waals surface area contributed by atoms with E-state index in [0.29, 0.717) is 17.5 Å². The zero-order valence-electron chi connectivity index (χ0n) is 23.7. The Balaban J connectivity index is 1.32. The summed E-state index contributed by atoms with van der Waals surface area (Å²) in [5.74, 6) is 1.90. The van der Waals surface area contributed by atoms with Gasteiger partial charge in [-0.05, 0) is 58.0 Å². The first-order valence-corrected chi connectivity index (χ1v) is 14.3. The van der Waals surface area contributed by atoms with Gasteiger partial charge in [0.1, 0.15) is 0 Å². The van der Waals surface area contributed by atoms with Crippen LogP contribution in [0, 0.1) is 6.92 Å². The first kappa shape index (κ1) is 26.2. The molecule has 0 fully saturated rings. The highest BCUT2D eigenvalue weighted by Gasteiger charge is 2.14. The SMILES string of the molecule is Cc1cnccc1-c1cccc(-c2nc(-c3ccc(-c4ccccc4)cc3)nc(-c3ccc(-c4ccccc4)cc3)n2)c1. The number of hydrogen-bond acceptors (Lipinski definition) is 4. The summed E-state index contributed by atoms with van der Waals surface area (Å²) in [7, 11) is 0. The van der Waals surface area contributed by atoms with Crippen molar-refractivity contribution in [3.63, 3.8) is 0 Å². The lowest BCUT2D eigenvalue weighted by atomic mass is 10.0. The summed E-state index contributed by atoms with van der Waals surface area (Å²) in [6, 6.07) is 48.0. The lowest BCUT2D eigenvalue weighted by Gasteiger charge is -2.11. The van der Waals surface area contributed by atoms with Gasteiger partial charge >= 0.3 is 0 Å². The molecular weight excluding hydrogens is 524 g/mol. The third kappa shape index (κ3) is 5.59. The van der Waals surface area contributed by atoms with Crippen LogP contribution >= 0.6 is 0 Å². The van der Waals surface area contributed by atoms with Gasteiger partial charge in [-0.3, -0.25) is 4.98 Å². The van der Waals surface area contributed by atoms with Gasteiger partial charge in [-0.1, -0.05) is 127 Å². The summed E-state index contributed by atoms with van der Waals surface area (Å²) in [6.07, 6.45) is 3.71. The van der Waals surface area contributed by atoms with Gasteiger partial charge < -0.3 is 0 Å². The molecule has 7 rings (SSSR count). The highest BCUT2D eigenvalue weighted by Crippen LogP contribution is 2.31. The van der Waals surface area contributed by atoms with E-state index >= 15 is 0 Å². The molecule has 4 nitrogen and oxygen atoms in total. The number of pyridine rings is 1. The second-order valence-corrected chi connectivity index (χ2v) is 10.5. The molecule has 2 aromatic heterocycles. The van der Waals surface area contributed by atoms with E-state index in [1.165, 1.54) is 11.1 Å². The maximum absolute atomic E-state index is 4.99. The summed E-state index contributed by atoms with van der Waals surface area (Å²) >= 11 is 0. The molecule has 0 unspecified atom stereocenters. The Bertz CT molecular complexity index is 1900. The zero-order chi connectivity index (χ0) is 29.0. The Morgan fingerprint density at radius 2 is 0.791 bits per heavy atom. The van der Waals surface area contributed by atoms with Crippen LogP contribution in [0.25, 0.3) is 67.5 Å². The van der Waals surface area contributed by atoms with E-state index in [4.69, 9.17) is 15.0 Å². The van der Waals surface area contributed by atoms with Crippen LogP contribution in [0.1, 0.15) is 5.56 Å². The van der Waals surface area contributed by atoms with Crippen LogP contribution in [0.4, 0.5) is 0 Å². The molecule has 0 amide bonds. The van der Waals surface area contributed by atoms with Gasteiger partial charge in [0, 0.05) is 29.1 Å². The van der Waals surface area contributed by atoms with Crippen LogP contribution in [-0.2, 0) is 0 Å². The van der Waals surface area contributed by atoms with Crippen molar-refractivity contribution >= 4 is 0 Å². The maximum Gasteiger partial charge on any atom is 0.164 e. The van der Waals surface area contributed by atoms with E-state index in [0.717, 1.165) is 44.5 Å². The molecule has 0 bridgehead atoms. The van der Waals surface area contributed by atoms with Gasteiger partial charge in [-0.15, -0.1) is 0 Å². The molecule has 7 aromatic rings. The number of aryl methyl sites for hydroxylation is 1. The molecular formula is C39H28N4. The molecule has 43 heavy (non-hydrogen) atoms. The van der Waals surface area contributed by atoms with Crippen molar-refractivity contribution in [2.75, 3.05) is 0 Å². The van der Waals surface area contributed by atoms with Crippen molar-refractivity contribution < 1.29 is 0 Å². The van der Waals surface area contributed by atoms with E-state index in [1.807, 2.05) is 30.6 Å². The summed E-state index contributed by atoms with van der Waals surface area (Å²) in [5.41, 5.74) is 10.8. The standard InChI is InChI=1S/C39H28N4/c1-27-26-40-24-23-36(27)34-13-8-14-35(25-34)39-42-37(32-19-15-30(16-20-32)28-9-4-2-5-10-28)41-38(43-39)33-21-17-31(18-22-33)29-11-6-3-7-12-29/h2-26H,1H3. The summed E-state index contributed by atoms with van der Waals surface area (Å²) in [6.45, 7) is 2.08. The van der Waals surface area contributed by atoms with Crippen molar-refractivity contribution in [2.24, 2.45) is 0 Å². The van der Waals surface area contributed by atoms with Gasteiger partial charge in [-0.25, -0.2) is 15.0 Å². The number of nitrogens with zero attached hydrogens (tertiary/aromatic N) is 4.